The fourth-order valence-electron chi connectivity index (χ4n) is 4.61. The third-order valence-corrected chi connectivity index (χ3v) is 6.07. The molecule has 5 rings (SSSR count). The maximum atomic E-state index is 14.8. The van der Waals surface area contributed by atoms with Crippen LogP contribution in [0.25, 0.3) is 44.0 Å². The zero-order valence-corrected chi connectivity index (χ0v) is 19.3. The summed E-state index contributed by atoms with van der Waals surface area (Å²) in [5, 5.41) is 4.04. The largest absolute Gasteiger partial charge is 0.455 e. The molecular weight excluding hydrogens is 397 g/mol. The molecule has 0 aliphatic heterocycles. The molecule has 2 heterocycles. The Labute approximate surface area is 188 Å². The van der Waals surface area contributed by atoms with Crippen LogP contribution in [0.3, 0.4) is 0 Å². The van der Waals surface area contributed by atoms with Gasteiger partial charge in [-0.05, 0) is 70.7 Å². The van der Waals surface area contributed by atoms with Crippen LogP contribution in [-0.4, -0.2) is 4.98 Å². The van der Waals surface area contributed by atoms with Crippen molar-refractivity contribution in [2.24, 2.45) is 5.41 Å². The second-order valence-electron chi connectivity index (χ2n) is 10.3. The summed E-state index contributed by atoms with van der Waals surface area (Å²) in [6.45, 7) is 10.9. The predicted octanol–water partition coefficient (Wildman–Crippen LogP) is 8.65. The quantitative estimate of drug-likeness (QED) is 0.289. The van der Waals surface area contributed by atoms with Crippen LogP contribution in [0, 0.1) is 11.2 Å². The van der Waals surface area contributed by atoms with Crippen LogP contribution in [0.5, 0.6) is 0 Å². The van der Waals surface area contributed by atoms with Gasteiger partial charge in [-0.2, -0.15) is 0 Å². The number of para-hydroxylation sites is 1. The van der Waals surface area contributed by atoms with Gasteiger partial charge in [-0.3, -0.25) is 4.98 Å². The minimum Gasteiger partial charge on any atom is -0.455 e. The summed E-state index contributed by atoms with van der Waals surface area (Å²) in [7, 11) is 0. The van der Waals surface area contributed by atoms with E-state index in [1.807, 2.05) is 30.5 Å². The van der Waals surface area contributed by atoms with Gasteiger partial charge in [0.05, 0.1) is 5.69 Å². The summed E-state index contributed by atoms with van der Waals surface area (Å²) < 4.78 is 21.1. The van der Waals surface area contributed by atoms with Gasteiger partial charge in [-0.15, -0.1) is 0 Å². The highest BCUT2D eigenvalue weighted by molar-refractivity contribution is 6.12. The van der Waals surface area contributed by atoms with Crippen molar-refractivity contribution < 1.29 is 8.81 Å². The minimum absolute atomic E-state index is 0.0493. The zero-order chi connectivity index (χ0) is 22.6. The standard InChI is InChI=1S/C29H28FNO/c1-17(2)18-13-24-22-8-6-7-9-26(22)32-28(24)25(14-18)27-23-15-20(30)12-19(16-29(3,4)5)21(23)10-11-31-27/h6-15,17H,16H2,1-5H3. The number of fused-ring (bicyclic) bond motifs is 4. The Balaban J connectivity index is 1.87. The Bertz CT molecular complexity index is 1470. The Hall–Kier alpha value is -3.20. The predicted molar refractivity (Wildman–Crippen MR) is 132 cm³/mol. The number of benzene rings is 3. The average Bonchev–Trinajstić information content (AvgIpc) is 3.10. The molecular formula is C29H28FNO. The SMILES string of the molecule is CC(C)c1cc(-c2nccc3c(CC(C)(C)C)cc(F)cc23)c2oc3ccccc3c2c1. The summed E-state index contributed by atoms with van der Waals surface area (Å²) >= 11 is 0. The molecule has 0 N–H and O–H groups in total. The van der Waals surface area contributed by atoms with Crippen LogP contribution in [0.1, 0.15) is 51.7 Å². The zero-order valence-electron chi connectivity index (χ0n) is 19.3. The van der Waals surface area contributed by atoms with Crippen molar-refractivity contribution in [3.05, 3.63) is 77.7 Å². The van der Waals surface area contributed by atoms with Gasteiger partial charge in [-0.25, -0.2) is 4.39 Å². The van der Waals surface area contributed by atoms with Crippen molar-refractivity contribution in [1.29, 1.82) is 0 Å². The van der Waals surface area contributed by atoms with E-state index in [0.717, 1.165) is 56.0 Å². The Kier molecular flexibility index (Phi) is 4.81. The van der Waals surface area contributed by atoms with E-state index in [4.69, 9.17) is 9.40 Å². The lowest BCUT2D eigenvalue weighted by atomic mass is 9.85. The lowest BCUT2D eigenvalue weighted by Gasteiger charge is -2.20. The molecule has 0 aliphatic rings. The number of hydrogen-bond donors (Lipinski definition) is 0. The first kappa shape index (κ1) is 20.7. The first-order chi connectivity index (χ1) is 15.2. The second-order valence-corrected chi connectivity index (χ2v) is 10.3. The number of nitrogens with zero attached hydrogens (tertiary/aromatic N) is 1. The number of aromatic nitrogens is 1. The van der Waals surface area contributed by atoms with Gasteiger partial charge in [0.1, 0.15) is 17.0 Å². The number of halogens is 1. The lowest BCUT2D eigenvalue weighted by Crippen LogP contribution is -2.10. The smallest absolute Gasteiger partial charge is 0.144 e. The van der Waals surface area contributed by atoms with Crippen LogP contribution in [0.2, 0.25) is 0 Å². The molecule has 0 bridgehead atoms. The first-order valence-corrected chi connectivity index (χ1v) is 11.2. The van der Waals surface area contributed by atoms with Gasteiger partial charge in [0, 0.05) is 27.9 Å². The highest BCUT2D eigenvalue weighted by Crippen LogP contribution is 2.40. The van der Waals surface area contributed by atoms with Crippen molar-refractivity contribution in [2.45, 2.75) is 47.0 Å². The highest BCUT2D eigenvalue weighted by atomic mass is 19.1. The van der Waals surface area contributed by atoms with Crippen molar-refractivity contribution in [3.8, 4) is 11.3 Å². The lowest BCUT2D eigenvalue weighted by molar-refractivity contribution is 0.412. The molecule has 3 aromatic carbocycles. The van der Waals surface area contributed by atoms with E-state index in [1.165, 1.54) is 5.56 Å². The molecule has 0 spiro atoms. The summed E-state index contributed by atoms with van der Waals surface area (Å²) in [6, 6.07) is 17.7. The molecule has 0 radical (unpaired) electrons. The first-order valence-electron chi connectivity index (χ1n) is 11.2. The molecule has 162 valence electrons. The summed E-state index contributed by atoms with van der Waals surface area (Å²) in [4.78, 5) is 4.75. The number of pyridine rings is 1. The van der Waals surface area contributed by atoms with Crippen molar-refractivity contribution >= 4 is 32.7 Å². The van der Waals surface area contributed by atoms with Crippen LogP contribution in [0.4, 0.5) is 4.39 Å². The Morgan fingerprint density at radius 1 is 0.906 bits per heavy atom. The molecule has 0 saturated carbocycles. The molecule has 32 heavy (non-hydrogen) atoms. The molecule has 0 atom stereocenters. The summed E-state index contributed by atoms with van der Waals surface area (Å²) in [5.74, 6) is 0.113. The normalized spacial score (nSPS) is 12.5. The van der Waals surface area contributed by atoms with Gasteiger partial charge < -0.3 is 4.42 Å². The molecule has 2 nitrogen and oxygen atoms in total. The van der Waals surface area contributed by atoms with Gasteiger partial charge in [0.2, 0.25) is 0 Å². The van der Waals surface area contributed by atoms with E-state index in [2.05, 4.69) is 52.8 Å². The van der Waals surface area contributed by atoms with Gasteiger partial charge >= 0.3 is 0 Å². The van der Waals surface area contributed by atoms with Gasteiger partial charge in [-0.1, -0.05) is 52.8 Å². The summed E-state index contributed by atoms with van der Waals surface area (Å²) in [6.07, 6.45) is 2.62. The molecule has 0 amide bonds. The minimum atomic E-state index is -0.230. The van der Waals surface area contributed by atoms with E-state index in [-0.39, 0.29) is 11.2 Å². The average molecular weight is 426 g/mol. The third kappa shape index (κ3) is 3.56. The number of rotatable bonds is 3. The monoisotopic (exact) mass is 425 g/mol. The van der Waals surface area contributed by atoms with Crippen molar-refractivity contribution in [3.63, 3.8) is 0 Å². The Morgan fingerprint density at radius 2 is 1.69 bits per heavy atom. The van der Waals surface area contributed by atoms with Crippen LogP contribution < -0.4 is 0 Å². The molecule has 0 saturated heterocycles. The molecule has 2 aromatic heterocycles. The summed E-state index contributed by atoms with van der Waals surface area (Å²) in [5.41, 5.74) is 5.61. The molecule has 5 aromatic rings. The molecule has 0 unspecified atom stereocenters. The van der Waals surface area contributed by atoms with Gasteiger partial charge in [0.25, 0.3) is 0 Å². The maximum absolute atomic E-state index is 14.8. The Morgan fingerprint density at radius 3 is 2.44 bits per heavy atom. The van der Waals surface area contributed by atoms with E-state index in [9.17, 15) is 4.39 Å². The number of hydrogen-bond acceptors (Lipinski definition) is 2. The van der Waals surface area contributed by atoms with Crippen molar-refractivity contribution in [1.82, 2.24) is 4.98 Å². The van der Waals surface area contributed by atoms with E-state index < -0.39 is 0 Å². The van der Waals surface area contributed by atoms with Gasteiger partial charge in [0.15, 0.2) is 0 Å². The van der Waals surface area contributed by atoms with E-state index >= 15 is 0 Å². The highest BCUT2D eigenvalue weighted by Gasteiger charge is 2.20. The van der Waals surface area contributed by atoms with Crippen LogP contribution in [-0.2, 0) is 6.42 Å². The number of furan rings is 1. The van der Waals surface area contributed by atoms with E-state index in [1.54, 1.807) is 12.1 Å². The topological polar surface area (TPSA) is 26.0 Å². The fourth-order valence-corrected chi connectivity index (χ4v) is 4.61. The second kappa shape index (κ2) is 7.44. The maximum Gasteiger partial charge on any atom is 0.144 e. The van der Waals surface area contributed by atoms with Crippen LogP contribution in [0.15, 0.2) is 65.2 Å². The van der Waals surface area contributed by atoms with Crippen molar-refractivity contribution in [2.75, 3.05) is 0 Å². The van der Waals surface area contributed by atoms with E-state index in [0.29, 0.717) is 5.92 Å². The third-order valence-electron chi connectivity index (χ3n) is 6.07. The molecule has 3 heteroatoms. The molecule has 0 fully saturated rings. The van der Waals surface area contributed by atoms with Crippen LogP contribution >= 0.6 is 0 Å². The fraction of sp³-hybridized carbons (Fsp3) is 0.276. The molecule has 0 aliphatic carbocycles.